The number of aromatic nitrogens is 2. The van der Waals surface area contributed by atoms with Crippen LogP contribution >= 0.6 is 11.6 Å². The van der Waals surface area contributed by atoms with Gasteiger partial charge in [0.25, 0.3) is 0 Å². The van der Waals surface area contributed by atoms with E-state index < -0.39 is 0 Å². The average molecular weight is 421 g/mol. The van der Waals surface area contributed by atoms with Crippen molar-refractivity contribution in [1.82, 2.24) is 9.55 Å². The topological polar surface area (TPSA) is 40.2 Å². The third kappa shape index (κ3) is 4.60. The number of ether oxygens (including phenoxy) is 1. The second kappa shape index (κ2) is 9.23. The summed E-state index contributed by atoms with van der Waals surface area (Å²) in [5, 5.41) is 0.810. The number of hydrogen-bond donors (Lipinski definition) is 0. The van der Waals surface area contributed by atoms with Crippen LogP contribution in [0.4, 0.5) is 0 Å². The second-order valence-corrected chi connectivity index (χ2v) is 7.76. The molecule has 0 unspecified atom stereocenters. The molecule has 30 heavy (non-hydrogen) atoms. The van der Waals surface area contributed by atoms with Gasteiger partial charge in [0, 0.05) is 11.6 Å². The minimum atomic E-state index is 0.671. The Kier molecular flexibility index (Phi) is 6.24. The van der Waals surface area contributed by atoms with E-state index in [1.807, 2.05) is 62.4 Å². The molecule has 154 valence electrons. The Hall–Kier alpha value is -2.98. The highest BCUT2D eigenvalue weighted by molar-refractivity contribution is 6.32. The molecule has 4 rings (SSSR count). The molecule has 2 aromatic carbocycles. The van der Waals surface area contributed by atoms with Crippen molar-refractivity contribution in [3.8, 4) is 5.75 Å². The van der Waals surface area contributed by atoms with Crippen molar-refractivity contribution >= 4 is 34.8 Å². The first-order valence-corrected chi connectivity index (χ1v) is 10.6. The molecule has 4 nitrogen and oxygen atoms in total. The normalized spacial score (nSPS) is 11.6. The van der Waals surface area contributed by atoms with Crippen LogP contribution in [0.2, 0.25) is 5.02 Å². The molecule has 4 aromatic rings. The van der Waals surface area contributed by atoms with Gasteiger partial charge in [-0.25, -0.2) is 4.98 Å². The number of hydrogen-bond acceptors (Lipinski definition) is 3. The van der Waals surface area contributed by atoms with Crippen molar-refractivity contribution in [1.29, 1.82) is 0 Å². The van der Waals surface area contributed by atoms with Crippen molar-refractivity contribution in [3.05, 3.63) is 82.5 Å². The van der Waals surface area contributed by atoms with Crippen molar-refractivity contribution < 1.29 is 9.15 Å². The minimum Gasteiger partial charge on any atom is -0.494 e. The summed E-state index contributed by atoms with van der Waals surface area (Å²) in [4.78, 5) is 4.78. The van der Waals surface area contributed by atoms with E-state index in [9.17, 15) is 0 Å². The smallest absolute Gasteiger partial charge is 0.133 e. The molecule has 2 heterocycles. The van der Waals surface area contributed by atoms with Gasteiger partial charge in [0.05, 0.1) is 23.9 Å². The number of nitrogens with zero attached hydrogens (tertiary/aromatic N) is 2. The molecule has 0 spiro atoms. The van der Waals surface area contributed by atoms with E-state index in [1.165, 1.54) is 0 Å². The molecular weight excluding hydrogens is 396 g/mol. The van der Waals surface area contributed by atoms with Gasteiger partial charge in [-0.15, -0.1) is 0 Å². The third-order valence-corrected chi connectivity index (χ3v) is 5.67. The van der Waals surface area contributed by atoms with Gasteiger partial charge in [0.15, 0.2) is 0 Å². The van der Waals surface area contributed by atoms with Crippen LogP contribution in [-0.4, -0.2) is 16.2 Å². The Bertz CT molecular complexity index is 1140. The lowest BCUT2D eigenvalue weighted by molar-refractivity contribution is 0.303. The molecule has 0 aliphatic rings. The van der Waals surface area contributed by atoms with Crippen molar-refractivity contribution in [3.63, 3.8) is 0 Å². The number of benzene rings is 2. The molecule has 0 fully saturated rings. The quantitative estimate of drug-likeness (QED) is 0.290. The number of unbranched alkanes of at least 4 members (excludes halogenated alkanes) is 1. The van der Waals surface area contributed by atoms with Crippen LogP contribution < -0.4 is 4.74 Å². The summed E-state index contributed by atoms with van der Waals surface area (Å²) < 4.78 is 13.6. The predicted molar refractivity (Wildman–Crippen MR) is 123 cm³/mol. The van der Waals surface area contributed by atoms with Gasteiger partial charge in [0.1, 0.15) is 17.3 Å². The maximum absolute atomic E-state index is 6.24. The standard InChI is InChI=1S/C25H25ClN2O2/c1-18-16-21(17-19(2)25(18)26)30-14-6-5-13-28-23-10-4-3-9-22(23)27-24(28)12-11-20-8-7-15-29-20/h3-4,7-12,15-17H,5-6,13-14H2,1-2H3/b12-11+. The summed E-state index contributed by atoms with van der Waals surface area (Å²) in [7, 11) is 0. The van der Waals surface area contributed by atoms with Crippen molar-refractivity contribution in [2.24, 2.45) is 0 Å². The molecule has 0 aliphatic carbocycles. The number of rotatable bonds is 8. The molecule has 0 saturated carbocycles. The number of aryl methyl sites for hydroxylation is 3. The van der Waals surface area contributed by atoms with Crippen LogP contribution in [0.25, 0.3) is 23.2 Å². The summed E-state index contributed by atoms with van der Waals surface area (Å²) >= 11 is 6.24. The molecule has 0 bridgehead atoms. The first-order valence-electron chi connectivity index (χ1n) is 10.2. The summed E-state index contributed by atoms with van der Waals surface area (Å²) in [5.74, 6) is 2.62. The van der Waals surface area contributed by atoms with Crippen LogP contribution in [-0.2, 0) is 6.54 Å². The lowest BCUT2D eigenvalue weighted by Gasteiger charge is -2.11. The van der Waals surface area contributed by atoms with Crippen LogP contribution in [0.15, 0.2) is 59.2 Å². The monoisotopic (exact) mass is 420 g/mol. The van der Waals surface area contributed by atoms with E-state index in [1.54, 1.807) is 6.26 Å². The Balaban J connectivity index is 1.40. The fourth-order valence-corrected chi connectivity index (χ4v) is 3.66. The van der Waals surface area contributed by atoms with Crippen LogP contribution in [0, 0.1) is 13.8 Å². The van der Waals surface area contributed by atoms with Gasteiger partial charge in [-0.05, 0) is 86.4 Å². The number of imidazole rings is 1. The predicted octanol–water partition coefficient (Wildman–Crippen LogP) is 6.93. The van der Waals surface area contributed by atoms with Gasteiger partial charge in [-0.1, -0.05) is 23.7 Å². The molecular formula is C25H25ClN2O2. The maximum atomic E-state index is 6.24. The lowest BCUT2D eigenvalue weighted by Crippen LogP contribution is -2.04. The summed E-state index contributed by atoms with van der Waals surface area (Å²) in [6.45, 7) is 5.55. The van der Waals surface area contributed by atoms with E-state index >= 15 is 0 Å². The fraction of sp³-hybridized carbons (Fsp3) is 0.240. The zero-order valence-electron chi connectivity index (χ0n) is 17.3. The molecule has 0 aliphatic heterocycles. The maximum Gasteiger partial charge on any atom is 0.133 e. The van der Waals surface area contributed by atoms with E-state index in [2.05, 4.69) is 16.7 Å². The van der Waals surface area contributed by atoms with Crippen LogP contribution in [0.3, 0.4) is 0 Å². The molecule has 0 saturated heterocycles. The second-order valence-electron chi connectivity index (χ2n) is 7.39. The number of para-hydroxylation sites is 2. The third-order valence-electron chi connectivity index (χ3n) is 5.08. The number of fused-ring (bicyclic) bond motifs is 1. The molecule has 0 N–H and O–H groups in total. The van der Waals surface area contributed by atoms with E-state index in [-0.39, 0.29) is 0 Å². The summed E-state index contributed by atoms with van der Waals surface area (Å²) in [6, 6.07) is 16.0. The van der Waals surface area contributed by atoms with E-state index in [0.717, 1.165) is 63.9 Å². The Morgan fingerprint density at radius 3 is 2.60 bits per heavy atom. The Morgan fingerprint density at radius 2 is 1.83 bits per heavy atom. The van der Waals surface area contributed by atoms with Gasteiger partial charge < -0.3 is 13.7 Å². The highest BCUT2D eigenvalue weighted by atomic mass is 35.5. The van der Waals surface area contributed by atoms with Gasteiger partial charge >= 0.3 is 0 Å². The lowest BCUT2D eigenvalue weighted by atomic mass is 10.1. The first kappa shape index (κ1) is 20.3. The van der Waals surface area contributed by atoms with Crippen LogP contribution in [0.1, 0.15) is 35.6 Å². The molecule has 0 radical (unpaired) electrons. The Labute approximate surface area is 181 Å². The largest absolute Gasteiger partial charge is 0.494 e. The average Bonchev–Trinajstić information content (AvgIpc) is 3.38. The van der Waals surface area contributed by atoms with Gasteiger partial charge in [0.2, 0.25) is 0 Å². The first-order chi connectivity index (χ1) is 14.6. The summed E-state index contributed by atoms with van der Waals surface area (Å²) in [5.41, 5.74) is 4.23. The molecule has 2 aromatic heterocycles. The van der Waals surface area contributed by atoms with Crippen molar-refractivity contribution in [2.75, 3.05) is 6.61 Å². The fourth-order valence-electron chi connectivity index (χ4n) is 3.55. The summed E-state index contributed by atoms with van der Waals surface area (Å²) in [6.07, 6.45) is 7.58. The zero-order valence-corrected chi connectivity index (χ0v) is 18.0. The highest BCUT2D eigenvalue weighted by Gasteiger charge is 2.08. The molecule has 0 atom stereocenters. The van der Waals surface area contributed by atoms with E-state index in [0.29, 0.717) is 6.61 Å². The number of furan rings is 1. The zero-order chi connectivity index (χ0) is 20.9. The highest BCUT2D eigenvalue weighted by Crippen LogP contribution is 2.26. The minimum absolute atomic E-state index is 0.671. The SMILES string of the molecule is Cc1cc(OCCCCn2c(/C=C/c3ccco3)nc3ccccc32)cc(C)c1Cl. The molecule has 5 heteroatoms. The van der Waals surface area contributed by atoms with E-state index in [4.69, 9.17) is 25.7 Å². The van der Waals surface area contributed by atoms with Gasteiger partial charge in [-0.2, -0.15) is 0 Å². The molecule has 0 amide bonds. The van der Waals surface area contributed by atoms with Crippen LogP contribution in [0.5, 0.6) is 5.75 Å². The van der Waals surface area contributed by atoms with Gasteiger partial charge in [-0.3, -0.25) is 0 Å². The number of halogens is 1. The van der Waals surface area contributed by atoms with Crippen molar-refractivity contribution in [2.45, 2.75) is 33.2 Å². The Morgan fingerprint density at radius 1 is 1.03 bits per heavy atom.